The first-order valence-electron chi connectivity index (χ1n) is 6.06. The third-order valence-electron chi connectivity index (χ3n) is 3.54. The molecule has 0 radical (unpaired) electrons. The summed E-state index contributed by atoms with van der Waals surface area (Å²) in [6.07, 6.45) is 5.42. The van der Waals surface area contributed by atoms with Gasteiger partial charge in [-0.3, -0.25) is 9.89 Å². The van der Waals surface area contributed by atoms with Crippen LogP contribution in [0.3, 0.4) is 0 Å². The summed E-state index contributed by atoms with van der Waals surface area (Å²) in [6.45, 7) is 4.56. The summed E-state index contributed by atoms with van der Waals surface area (Å²) in [6, 6.07) is 0. The molecule has 1 fully saturated rings. The average molecular weight is 236 g/mol. The minimum absolute atomic E-state index is 0.205. The number of rotatable bonds is 3. The van der Waals surface area contributed by atoms with E-state index in [2.05, 4.69) is 22.4 Å². The Morgan fingerprint density at radius 3 is 2.82 bits per heavy atom. The van der Waals surface area contributed by atoms with E-state index in [9.17, 15) is 4.79 Å². The van der Waals surface area contributed by atoms with Gasteiger partial charge >= 0.3 is 0 Å². The van der Waals surface area contributed by atoms with Crippen LogP contribution in [0.15, 0.2) is 12.4 Å². The number of aromatic amines is 1. The molecular weight excluding hydrogens is 216 g/mol. The van der Waals surface area contributed by atoms with Crippen molar-refractivity contribution in [3.05, 3.63) is 18.0 Å². The fourth-order valence-electron chi connectivity index (χ4n) is 2.36. The van der Waals surface area contributed by atoms with Gasteiger partial charge in [-0.2, -0.15) is 5.10 Å². The molecule has 17 heavy (non-hydrogen) atoms. The van der Waals surface area contributed by atoms with Crippen LogP contribution in [0.25, 0.3) is 0 Å². The SMILES string of the molecule is CN(Cc1cn[nH]c1)C(=O)C1(C)CCNCC1. The van der Waals surface area contributed by atoms with E-state index in [1.807, 2.05) is 13.2 Å². The van der Waals surface area contributed by atoms with Gasteiger partial charge < -0.3 is 10.2 Å². The lowest BCUT2D eigenvalue weighted by Crippen LogP contribution is -2.46. The number of amides is 1. The molecule has 94 valence electrons. The molecular formula is C12H20N4O. The Kier molecular flexibility index (Phi) is 3.47. The average Bonchev–Trinajstić information content (AvgIpc) is 2.81. The van der Waals surface area contributed by atoms with Crippen LogP contribution >= 0.6 is 0 Å². The second-order valence-corrected chi connectivity index (χ2v) is 5.08. The predicted molar refractivity (Wildman–Crippen MR) is 65.3 cm³/mol. The molecule has 1 aromatic rings. The molecule has 0 saturated carbocycles. The van der Waals surface area contributed by atoms with Crippen LogP contribution < -0.4 is 5.32 Å². The molecule has 0 bridgehead atoms. The zero-order valence-corrected chi connectivity index (χ0v) is 10.5. The van der Waals surface area contributed by atoms with Gasteiger partial charge in [0.1, 0.15) is 0 Å². The standard InChI is InChI=1S/C12H20N4O/c1-12(3-5-13-6-4-12)11(17)16(2)9-10-7-14-15-8-10/h7-8,13H,3-6,9H2,1-2H3,(H,14,15). The number of carbonyl (C=O) groups is 1. The van der Waals surface area contributed by atoms with E-state index in [0.29, 0.717) is 6.54 Å². The molecule has 0 atom stereocenters. The maximum absolute atomic E-state index is 12.4. The highest BCUT2D eigenvalue weighted by molar-refractivity contribution is 5.82. The molecule has 1 aliphatic rings. The molecule has 1 saturated heterocycles. The van der Waals surface area contributed by atoms with Gasteiger partial charge in [0.15, 0.2) is 0 Å². The summed E-state index contributed by atoms with van der Waals surface area (Å²) in [7, 11) is 1.86. The number of nitrogens with one attached hydrogen (secondary N) is 2. The highest BCUT2D eigenvalue weighted by Crippen LogP contribution is 2.30. The number of hydrogen-bond donors (Lipinski definition) is 2. The van der Waals surface area contributed by atoms with Gasteiger partial charge in [0, 0.05) is 30.8 Å². The topological polar surface area (TPSA) is 61.0 Å². The normalized spacial score (nSPS) is 18.9. The van der Waals surface area contributed by atoms with Crippen molar-refractivity contribution in [1.82, 2.24) is 20.4 Å². The molecule has 2 rings (SSSR count). The molecule has 5 nitrogen and oxygen atoms in total. The quantitative estimate of drug-likeness (QED) is 0.814. The van der Waals surface area contributed by atoms with Crippen LogP contribution in [0.1, 0.15) is 25.3 Å². The monoisotopic (exact) mass is 236 g/mol. The maximum atomic E-state index is 12.4. The largest absolute Gasteiger partial charge is 0.341 e. The van der Waals surface area contributed by atoms with Crippen LogP contribution in [0.5, 0.6) is 0 Å². The lowest BCUT2D eigenvalue weighted by molar-refractivity contribution is -0.141. The third kappa shape index (κ3) is 2.66. The summed E-state index contributed by atoms with van der Waals surface area (Å²) >= 11 is 0. The zero-order valence-electron chi connectivity index (χ0n) is 10.5. The molecule has 0 aromatic carbocycles. The number of aromatic nitrogens is 2. The van der Waals surface area contributed by atoms with Crippen LogP contribution in [-0.4, -0.2) is 41.1 Å². The Bertz CT molecular complexity index is 368. The Hall–Kier alpha value is -1.36. The lowest BCUT2D eigenvalue weighted by Gasteiger charge is -2.35. The molecule has 0 unspecified atom stereocenters. The second-order valence-electron chi connectivity index (χ2n) is 5.08. The second kappa shape index (κ2) is 4.87. The van der Waals surface area contributed by atoms with E-state index in [0.717, 1.165) is 31.5 Å². The number of piperidine rings is 1. The molecule has 1 aliphatic heterocycles. The predicted octanol–water partition coefficient (Wildman–Crippen LogP) is 0.758. The molecule has 1 amide bonds. The number of carbonyl (C=O) groups excluding carboxylic acids is 1. The van der Waals surface area contributed by atoms with E-state index in [1.165, 1.54) is 0 Å². The highest BCUT2D eigenvalue weighted by Gasteiger charge is 2.36. The summed E-state index contributed by atoms with van der Waals surface area (Å²) in [4.78, 5) is 14.2. The fourth-order valence-corrected chi connectivity index (χ4v) is 2.36. The van der Waals surface area contributed by atoms with Crippen molar-refractivity contribution in [1.29, 1.82) is 0 Å². The van der Waals surface area contributed by atoms with Crippen LogP contribution in [-0.2, 0) is 11.3 Å². The molecule has 2 heterocycles. The van der Waals surface area contributed by atoms with Gasteiger partial charge in [-0.15, -0.1) is 0 Å². The molecule has 1 aromatic heterocycles. The molecule has 0 spiro atoms. The maximum Gasteiger partial charge on any atom is 0.228 e. The van der Waals surface area contributed by atoms with Crippen molar-refractivity contribution < 1.29 is 4.79 Å². The number of nitrogens with zero attached hydrogens (tertiary/aromatic N) is 2. The lowest BCUT2D eigenvalue weighted by atomic mass is 9.79. The van der Waals surface area contributed by atoms with Crippen molar-refractivity contribution in [2.24, 2.45) is 5.41 Å². The van der Waals surface area contributed by atoms with Gasteiger partial charge in [0.05, 0.1) is 6.20 Å². The molecule has 2 N–H and O–H groups in total. The number of H-pyrrole nitrogens is 1. The first-order chi connectivity index (χ1) is 8.12. The van der Waals surface area contributed by atoms with Gasteiger partial charge in [-0.25, -0.2) is 0 Å². The summed E-state index contributed by atoms with van der Waals surface area (Å²) < 4.78 is 0. The number of hydrogen-bond acceptors (Lipinski definition) is 3. The van der Waals surface area contributed by atoms with Gasteiger partial charge in [-0.1, -0.05) is 6.92 Å². The van der Waals surface area contributed by atoms with Gasteiger partial charge in [-0.05, 0) is 25.9 Å². The first-order valence-corrected chi connectivity index (χ1v) is 6.06. The van der Waals surface area contributed by atoms with Gasteiger partial charge in [0.25, 0.3) is 0 Å². The van der Waals surface area contributed by atoms with Crippen molar-refractivity contribution in [2.45, 2.75) is 26.3 Å². The van der Waals surface area contributed by atoms with Crippen LogP contribution in [0.4, 0.5) is 0 Å². The Morgan fingerprint density at radius 1 is 1.53 bits per heavy atom. The van der Waals surface area contributed by atoms with E-state index in [1.54, 1.807) is 11.1 Å². The highest BCUT2D eigenvalue weighted by atomic mass is 16.2. The Morgan fingerprint density at radius 2 is 2.24 bits per heavy atom. The summed E-state index contributed by atoms with van der Waals surface area (Å²) in [5.41, 5.74) is 0.836. The van der Waals surface area contributed by atoms with E-state index in [-0.39, 0.29) is 11.3 Å². The third-order valence-corrected chi connectivity index (χ3v) is 3.54. The van der Waals surface area contributed by atoms with Crippen molar-refractivity contribution in [3.8, 4) is 0 Å². The van der Waals surface area contributed by atoms with E-state index in [4.69, 9.17) is 0 Å². The van der Waals surface area contributed by atoms with E-state index >= 15 is 0 Å². The van der Waals surface area contributed by atoms with Crippen molar-refractivity contribution in [3.63, 3.8) is 0 Å². The minimum Gasteiger partial charge on any atom is -0.341 e. The Labute approximate surface area is 102 Å². The first kappa shape index (κ1) is 12.1. The van der Waals surface area contributed by atoms with E-state index < -0.39 is 0 Å². The fraction of sp³-hybridized carbons (Fsp3) is 0.667. The Balaban J connectivity index is 1.98. The minimum atomic E-state index is -0.205. The van der Waals surface area contributed by atoms with Crippen LogP contribution in [0.2, 0.25) is 0 Å². The zero-order chi connectivity index (χ0) is 12.3. The summed E-state index contributed by atoms with van der Waals surface area (Å²) in [5, 5.41) is 9.95. The van der Waals surface area contributed by atoms with Gasteiger partial charge in [0.2, 0.25) is 5.91 Å². The smallest absolute Gasteiger partial charge is 0.228 e. The van der Waals surface area contributed by atoms with Crippen molar-refractivity contribution >= 4 is 5.91 Å². The van der Waals surface area contributed by atoms with Crippen molar-refractivity contribution in [2.75, 3.05) is 20.1 Å². The van der Waals surface area contributed by atoms with Crippen LogP contribution in [0, 0.1) is 5.41 Å². The summed E-state index contributed by atoms with van der Waals surface area (Å²) in [5.74, 6) is 0.236. The molecule has 0 aliphatic carbocycles. The molecule has 5 heteroatoms.